The number of hydrogen-bond donors (Lipinski definition) is 2. The number of thioether (sulfide) groups is 1. The molecular formula is C16H24BrN3O2S2. The normalized spacial score (nSPS) is 21.5. The van der Waals surface area contributed by atoms with Gasteiger partial charge in [-0.2, -0.15) is 0 Å². The summed E-state index contributed by atoms with van der Waals surface area (Å²) >= 11 is 5.21. The predicted molar refractivity (Wildman–Crippen MR) is 106 cm³/mol. The van der Waals surface area contributed by atoms with Crippen molar-refractivity contribution in [2.45, 2.75) is 36.5 Å². The summed E-state index contributed by atoms with van der Waals surface area (Å²) in [6.45, 7) is 5.55. The van der Waals surface area contributed by atoms with Crippen molar-refractivity contribution in [3.8, 4) is 0 Å². The average Bonchev–Trinajstić information content (AvgIpc) is 2.86. The fourth-order valence-corrected chi connectivity index (χ4v) is 5.27. The van der Waals surface area contributed by atoms with E-state index in [9.17, 15) is 8.42 Å². The number of benzene rings is 1. The van der Waals surface area contributed by atoms with Crippen LogP contribution in [0.25, 0.3) is 0 Å². The van der Waals surface area contributed by atoms with E-state index in [1.165, 1.54) is 4.90 Å². The molecule has 2 atom stereocenters. The Bertz CT molecular complexity index is 662. The van der Waals surface area contributed by atoms with Gasteiger partial charge in [-0.05, 0) is 37.6 Å². The van der Waals surface area contributed by atoms with Gasteiger partial charge >= 0.3 is 0 Å². The maximum atomic E-state index is 11.6. The van der Waals surface area contributed by atoms with Gasteiger partial charge in [0.05, 0.1) is 18.1 Å². The lowest BCUT2D eigenvalue weighted by atomic mass is 10.3. The van der Waals surface area contributed by atoms with Gasteiger partial charge < -0.3 is 10.6 Å². The van der Waals surface area contributed by atoms with Crippen molar-refractivity contribution in [1.82, 2.24) is 10.6 Å². The summed E-state index contributed by atoms with van der Waals surface area (Å²) in [4.78, 5) is 5.82. The molecule has 1 saturated heterocycles. The van der Waals surface area contributed by atoms with Gasteiger partial charge in [0, 0.05) is 27.2 Å². The van der Waals surface area contributed by atoms with Crippen LogP contribution in [0.2, 0.25) is 0 Å². The summed E-state index contributed by atoms with van der Waals surface area (Å²) in [5, 5.41) is 6.76. The van der Waals surface area contributed by atoms with Crippen LogP contribution in [-0.4, -0.2) is 50.3 Å². The zero-order chi connectivity index (χ0) is 17.6. The Labute approximate surface area is 157 Å². The fraction of sp³-hybridized carbons (Fsp3) is 0.562. The zero-order valence-corrected chi connectivity index (χ0v) is 17.2. The molecule has 24 heavy (non-hydrogen) atoms. The average molecular weight is 434 g/mol. The van der Waals surface area contributed by atoms with Gasteiger partial charge in [-0.15, -0.1) is 11.8 Å². The number of sulfone groups is 1. The minimum absolute atomic E-state index is 0.0396. The standard InChI is InChI=1S/C16H24BrN3O2S2/c1-3-18-16(20-14-8-9-24(21,22)11-14)19-10-12(2)23-15-6-4-13(17)5-7-15/h4-7,12,14H,3,8-11H2,1-2H3,(H2,18,19,20). The summed E-state index contributed by atoms with van der Waals surface area (Å²) < 4.78 is 24.2. The summed E-state index contributed by atoms with van der Waals surface area (Å²) in [5.74, 6) is 1.16. The summed E-state index contributed by atoms with van der Waals surface area (Å²) in [5.41, 5.74) is 0. The van der Waals surface area contributed by atoms with Gasteiger partial charge in [-0.3, -0.25) is 4.99 Å². The lowest BCUT2D eigenvalue weighted by Gasteiger charge is -2.17. The van der Waals surface area contributed by atoms with Crippen LogP contribution < -0.4 is 10.6 Å². The fourth-order valence-electron chi connectivity index (χ4n) is 2.42. The molecule has 0 aliphatic carbocycles. The smallest absolute Gasteiger partial charge is 0.191 e. The zero-order valence-electron chi connectivity index (χ0n) is 14.0. The van der Waals surface area contributed by atoms with E-state index in [0.29, 0.717) is 24.2 Å². The first-order chi connectivity index (χ1) is 11.4. The van der Waals surface area contributed by atoms with Crippen LogP contribution in [0.4, 0.5) is 0 Å². The van der Waals surface area contributed by atoms with Crippen molar-refractivity contribution in [3.63, 3.8) is 0 Å². The van der Waals surface area contributed by atoms with Crippen molar-refractivity contribution in [1.29, 1.82) is 0 Å². The monoisotopic (exact) mass is 433 g/mol. The topological polar surface area (TPSA) is 70.6 Å². The van der Waals surface area contributed by atoms with Crippen molar-refractivity contribution in [3.05, 3.63) is 28.7 Å². The molecule has 0 radical (unpaired) electrons. The highest BCUT2D eigenvalue weighted by Gasteiger charge is 2.28. The first kappa shape index (κ1) is 19.6. The second-order valence-corrected chi connectivity index (χ2v) is 10.5. The van der Waals surface area contributed by atoms with E-state index in [4.69, 9.17) is 0 Å². The third kappa shape index (κ3) is 6.64. The lowest BCUT2D eigenvalue weighted by molar-refractivity contribution is 0.599. The molecule has 0 spiro atoms. The van der Waals surface area contributed by atoms with Crippen LogP contribution >= 0.6 is 27.7 Å². The molecule has 1 aliphatic heterocycles. The minimum Gasteiger partial charge on any atom is -0.357 e. The number of nitrogens with zero attached hydrogens (tertiary/aromatic N) is 1. The van der Waals surface area contributed by atoms with E-state index >= 15 is 0 Å². The molecule has 0 bridgehead atoms. The van der Waals surface area contributed by atoms with Gasteiger partial charge in [-0.25, -0.2) is 8.42 Å². The van der Waals surface area contributed by atoms with Gasteiger partial charge in [0.15, 0.2) is 15.8 Å². The van der Waals surface area contributed by atoms with Gasteiger partial charge in [0.1, 0.15) is 0 Å². The first-order valence-electron chi connectivity index (χ1n) is 8.05. The Morgan fingerprint density at radius 3 is 2.71 bits per heavy atom. The highest BCUT2D eigenvalue weighted by atomic mass is 79.9. The Morgan fingerprint density at radius 1 is 1.42 bits per heavy atom. The molecular weight excluding hydrogens is 410 g/mol. The molecule has 0 saturated carbocycles. The van der Waals surface area contributed by atoms with E-state index < -0.39 is 9.84 Å². The maximum Gasteiger partial charge on any atom is 0.191 e. The summed E-state index contributed by atoms with van der Waals surface area (Å²) in [7, 11) is -2.88. The minimum atomic E-state index is -2.88. The number of guanidine groups is 1. The Morgan fingerprint density at radius 2 is 2.12 bits per heavy atom. The molecule has 1 aliphatic rings. The van der Waals surface area contributed by atoms with Crippen molar-refractivity contribution < 1.29 is 8.42 Å². The third-order valence-electron chi connectivity index (χ3n) is 3.57. The number of halogens is 1. The Balaban J connectivity index is 1.88. The molecule has 5 nitrogen and oxygen atoms in total. The lowest BCUT2D eigenvalue weighted by Crippen LogP contribution is -2.44. The summed E-state index contributed by atoms with van der Waals surface area (Å²) in [6.07, 6.45) is 0.649. The SMILES string of the molecule is CCNC(=NCC(C)Sc1ccc(Br)cc1)NC1CCS(=O)(=O)C1. The molecule has 2 unspecified atom stereocenters. The number of rotatable bonds is 6. The number of aliphatic imine (C=N–C) groups is 1. The van der Waals surface area contributed by atoms with Crippen LogP contribution in [-0.2, 0) is 9.84 Å². The molecule has 1 fully saturated rings. The van der Waals surface area contributed by atoms with Crippen molar-refractivity contribution in [2.75, 3.05) is 24.6 Å². The van der Waals surface area contributed by atoms with Crippen LogP contribution in [0.15, 0.2) is 38.6 Å². The van der Waals surface area contributed by atoms with Crippen LogP contribution in [0.5, 0.6) is 0 Å². The van der Waals surface area contributed by atoms with Crippen LogP contribution in [0.1, 0.15) is 20.3 Å². The van der Waals surface area contributed by atoms with Gasteiger partial charge in [0.2, 0.25) is 0 Å². The van der Waals surface area contributed by atoms with Crippen LogP contribution in [0.3, 0.4) is 0 Å². The summed E-state index contributed by atoms with van der Waals surface area (Å²) in [6, 6.07) is 8.20. The van der Waals surface area contributed by atoms with E-state index in [2.05, 4.69) is 50.6 Å². The van der Waals surface area contributed by atoms with Crippen molar-refractivity contribution in [2.24, 2.45) is 4.99 Å². The third-order valence-corrected chi connectivity index (χ3v) is 6.97. The highest BCUT2D eigenvalue weighted by Crippen LogP contribution is 2.24. The molecule has 1 aromatic carbocycles. The van der Waals surface area contributed by atoms with Gasteiger partial charge in [0.25, 0.3) is 0 Å². The number of hydrogen-bond acceptors (Lipinski definition) is 4. The van der Waals surface area contributed by atoms with E-state index in [1.54, 1.807) is 11.8 Å². The van der Waals surface area contributed by atoms with Crippen molar-refractivity contribution >= 4 is 43.5 Å². The van der Waals surface area contributed by atoms with E-state index in [-0.39, 0.29) is 17.5 Å². The molecule has 1 heterocycles. The van der Waals surface area contributed by atoms with Crippen LogP contribution in [0, 0.1) is 0 Å². The molecule has 0 amide bonds. The molecule has 8 heteroatoms. The molecule has 2 rings (SSSR count). The Kier molecular flexibility index (Phi) is 7.43. The second kappa shape index (κ2) is 9.10. The van der Waals surface area contributed by atoms with Gasteiger partial charge in [-0.1, -0.05) is 22.9 Å². The molecule has 0 aromatic heterocycles. The van der Waals surface area contributed by atoms with E-state index in [0.717, 1.165) is 11.0 Å². The number of nitrogens with one attached hydrogen (secondary N) is 2. The molecule has 1 aromatic rings. The maximum absolute atomic E-state index is 11.6. The Hall–Kier alpha value is -0.730. The quantitative estimate of drug-likeness (QED) is 0.409. The largest absolute Gasteiger partial charge is 0.357 e. The highest BCUT2D eigenvalue weighted by molar-refractivity contribution is 9.10. The molecule has 2 N–H and O–H groups in total. The first-order valence-corrected chi connectivity index (χ1v) is 11.5. The van der Waals surface area contributed by atoms with E-state index in [1.807, 2.05) is 19.1 Å². The second-order valence-electron chi connectivity index (χ2n) is 5.85. The predicted octanol–water partition coefficient (Wildman–Crippen LogP) is 2.67. The molecule has 134 valence electrons.